The molecule has 0 amide bonds. The molecule has 3 rings (SSSR count). The zero-order valence-electron chi connectivity index (χ0n) is 13.1. The third-order valence-corrected chi connectivity index (χ3v) is 5.18. The normalized spacial score (nSPS) is 18.6. The fourth-order valence-corrected chi connectivity index (χ4v) is 3.81. The summed E-state index contributed by atoms with van der Waals surface area (Å²) in [6, 6.07) is 2.25. The second-order valence-corrected chi connectivity index (χ2v) is 6.84. The molecule has 0 bridgehead atoms. The van der Waals surface area contributed by atoms with Gasteiger partial charge < -0.3 is 10.4 Å². The lowest BCUT2D eigenvalue weighted by Gasteiger charge is -2.22. The van der Waals surface area contributed by atoms with E-state index < -0.39 is 0 Å². The first-order valence-corrected chi connectivity index (χ1v) is 8.65. The van der Waals surface area contributed by atoms with Crippen molar-refractivity contribution in [3.63, 3.8) is 0 Å². The molecule has 1 saturated heterocycles. The molecule has 1 aliphatic rings. The van der Waals surface area contributed by atoms with Gasteiger partial charge in [0.2, 0.25) is 0 Å². The van der Waals surface area contributed by atoms with Gasteiger partial charge in [0.15, 0.2) is 0 Å². The molecule has 0 aromatic carbocycles. The minimum Gasteiger partial charge on any atom is -0.396 e. The Morgan fingerprint density at radius 2 is 2.14 bits per heavy atom. The van der Waals surface area contributed by atoms with E-state index in [0.29, 0.717) is 6.42 Å². The molecule has 5 nitrogen and oxygen atoms in total. The average molecular weight is 318 g/mol. The predicted molar refractivity (Wildman–Crippen MR) is 88.0 cm³/mol. The molecule has 22 heavy (non-hydrogen) atoms. The Morgan fingerprint density at radius 1 is 1.27 bits per heavy atom. The number of hydrogen-bond donors (Lipinski definition) is 2. The lowest BCUT2D eigenvalue weighted by molar-refractivity contribution is 0.300. The van der Waals surface area contributed by atoms with Crippen LogP contribution < -0.4 is 5.32 Å². The monoisotopic (exact) mass is 318 g/mol. The van der Waals surface area contributed by atoms with Crippen LogP contribution in [0.4, 0.5) is 0 Å². The van der Waals surface area contributed by atoms with Crippen molar-refractivity contribution >= 4 is 11.3 Å². The van der Waals surface area contributed by atoms with Crippen molar-refractivity contribution in [1.29, 1.82) is 0 Å². The summed E-state index contributed by atoms with van der Waals surface area (Å²) in [6.45, 7) is 5.19. The Hall–Kier alpha value is -1.37. The number of piperidine rings is 1. The Balaban J connectivity index is 1.93. The number of aliphatic hydroxyl groups excluding tert-OH is 1. The lowest BCUT2D eigenvalue weighted by atomic mass is 10.0. The molecule has 0 saturated carbocycles. The standard InChI is InChI=1S/C16H22N4OS/c1-10-9-13(16-19-11(2)14(22-16)6-8-21)20-15(18-10)12-5-3-4-7-17-12/h9,12,17,21H,3-8H2,1-2H3/t12-/m1/s1. The van der Waals surface area contributed by atoms with Crippen LogP contribution in [0.25, 0.3) is 10.7 Å². The van der Waals surface area contributed by atoms with Crippen LogP contribution >= 0.6 is 11.3 Å². The van der Waals surface area contributed by atoms with Crippen molar-refractivity contribution in [2.45, 2.75) is 45.6 Å². The largest absolute Gasteiger partial charge is 0.396 e. The van der Waals surface area contributed by atoms with Crippen LogP contribution in [0.3, 0.4) is 0 Å². The van der Waals surface area contributed by atoms with E-state index in [1.165, 1.54) is 12.8 Å². The summed E-state index contributed by atoms with van der Waals surface area (Å²) < 4.78 is 0. The number of aliphatic hydroxyl groups is 1. The molecule has 0 unspecified atom stereocenters. The highest BCUT2D eigenvalue weighted by Crippen LogP contribution is 2.29. The molecular weight excluding hydrogens is 296 g/mol. The third kappa shape index (κ3) is 3.34. The van der Waals surface area contributed by atoms with E-state index in [-0.39, 0.29) is 12.6 Å². The summed E-state index contributed by atoms with van der Waals surface area (Å²) >= 11 is 1.62. The van der Waals surface area contributed by atoms with Crippen LogP contribution in [0.5, 0.6) is 0 Å². The molecule has 2 aromatic rings. The highest BCUT2D eigenvalue weighted by atomic mass is 32.1. The average Bonchev–Trinajstić information content (AvgIpc) is 2.89. The Bertz CT molecular complexity index is 650. The maximum absolute atomic E-state index is 9.13. The maximum Gasteiger partial charge on any atom is 0.146 e. The maximum atomic E-state index is 9.13. The van der Waals surface area contributed by atoms with Gasteiger partial charge in [-0.1, -0.05) is 6.42 Å². The number of aryl methyl sites for hydroxylation is 2. The minimum atomic E-state index is 0.155. The number of thiazole rings is 1. The summed E-state index contributed by atoms with van der Waals surface area (Å²) in [5.41, 5.74) is 2.86. The highest BCUT2D eigenvalue weighted by Gasteiger charge is 2.19. The Kier molecular flexibility index (Phi) is 4.81. The highest BCUT2D eigenvalue weighted by molar-refractivity contribution is 7.15. The van der Waals surface area contributed by atoms with Crippen molar-refractivity contribution < 1.29 is 5.11 Å². The molecule has 0 spiro atoms. The molecule has 1 atom stereocenters. The minimum absolute atomic E-state index is 0.155. The van der Waals surface area contributed by atoms with Gasteiger partial charge in [-0.2, -0.15) is 0 Å². The number of hydrogen-bond acceptors (Lipinski definition) is 6. The van der Waals surface area contributed by atoms with Crippen LogP contribution in [0.2, 0.25) is 0 Å². The molecule has 2 aromatic heterocycles. The number of nitrogens with zero attached hydrogens (tertiary/aromatic N) is 3. The van der Waals surface area contributed by atoms with E-state index in [1.807, 2.05) is 19.9 Å². The summed E-state index contributed by atoms with van der Waals surface area (Å²) in [5.74, 6) is 0.881. The van der Waals surface area contributed by atoms with E-state index in [9.17, 15) is 0 Å². The van der Waals surface area contributed by atoms with Crippen LogP contribution in [0.15, 0.2) is 6.07 Å². The first-order valence-electron chi connectivity index (χ1n) is 7.84. The quantitative estimate of drug-likeness (QED) is 0.906. The van der Waals surface area contributed by atoms with Crippen molar-refractivity contribution in [2.75, 3.05) is 13.2 Å². The van der Waals surface area contributed by atoms with Gasteiger partial charge >= 0.3 is 0 Å². The molecule has 118 valence electrons. The van der Waals surface area contributed by atoms with Gasteiger partial charge in [0.1, 0.15) is 16.5 Å². The summed E-state index contributed by atoms with van der Waals surface area (Å²) in [6.07, 6.45) is 4.20. The fourth-order valence-electron chi connectivity index (χ4n) is 2.80. The number of nitrogens with one attached hydrogen (secondary N) is 1. The molecule has 0 radical (unpaired) electrons. The van der Waals surface area contributed by atoms with Crippen molar-refractivity contribution in [3.05, 3.63) is 28.2 Å². The van der Waals surface area contributed by atoms with E-state index in [1.54, 1.807) is 11.3 Å². The van der Waals surface area contributed by atoms with Gasteiger partial charge in [0, 0.05) is 23.6 Å². The van der Waals surface area contributed by atoms with Gasteiger partial charge in [-0.15, -0.1) is 11.3 Å². The van der Waals surface area contributed by atoms with Crippen LogP contribution in [-0.4, -0.2) is 33.2 Å². The third-order valence-electron chi connectivity index (χ3n) is 3.94. The summed E-state index contributed by atoms with van der Waals surface area (Å²) in [5, 5.41) is 13.6. The Morgan fingerprint density at radius 3 is 2.86 bits per heavy atom. The summed E-state index contributed by atoms with van der Waals surface area (Å²) in [4.78, 5) is 15.1. The zero-order chi connectivity index (χ0) is 15.5. The smallest absolute Gasteiger partial charge is 0.146 e. The Labute approximate surface area is 134 Å². The van der Waals surface area contributed by atoms with Crippen LogP contribution in [0, 0.1) is 13.8 Å². The fraction of sp³-hybridized carbons (Fsp3) is 0.562. The lowest BCUT2D eigenvalue weighted by Crippen LogP contribution is -2.28. The van der Waals surface area contributed by atoms with Gasteiger partial charge in [-0.3, -0.25) is 0 Å². The van der Waals surface area contributed by atoms with Crippen molar-refractivity contribution in [3.8, 4) is 10.7 Å². The van der Waals surface area contributed by atoms with Gasteiger partial charge in [0.05, 0.1) is 11.7 Å². The van der Waals surface area contributed by atoms with Gasteiger partial charge in [0.25, 0.3) is 0 Å². The van der Waals surface area contributed by atoms with Crippen molar-refractivity contribution in [1.82, 2.24) is 20.3 Å². The predicted octanol–water partition coefficient (Wildman–Crippen LogP) is 2.57. The molecule has 6 heteroatoms. The molecule has 1 aliphatic heterocycles. The van der Waals surface area contributed by atoms with E-state index in [4.69, 9.17) is 10.1 Å². The molecule has 1 fully saturated rings. The SMILES string of the molecule is Cc1cc(-c2nc(C)c(CCO)s2)nc([C@H]2CCCCN2)n1. The van der Waals surface area contributed by atoms with E-state index >= 15 is 0 Å². The van der Waals surface area contributed by atoms with Crippen LogP contribution in [-0.2, 0) is 6.42 Å². The molecule has 2 N–H and O–H groups in total. The second-order valence-electron chi connectivity index (χ2n) is 5.76. The van der Waals surface area contributed by atoms with E-state index in [2.05, 4.69) is 15.3 Å². The van der Waals surface area contributed by atoms with Crippen molar-refractivity contribution in [2.24, 2.45) is 0 Å². The number of rotatable bonds is 4. The summed E-state index contributed by atoms with van der Waals surface area (Å²) in [7, 11) is 0. The van der Waals surface area contributed by atoms with Crippen LogP contribution in [0.1, 0.15) is 47.4 Å². The first kappa shape index (κ1) is 15.5. The molecule has 0 aliphatic carbocycles. The van der Waals surface area contributed by atoms with E-state index in [0.717, 1.165) is 45.8 Å². The second kappa shape index (κ2) is 6.81. The molecular formula is C16H22N4OS. The molecule has 3 heterocycles. The zero-order valence-corrected chi connectivity index (χ0v) is 13.9. The van der Waals surface area contributed by atoms with Gasteiger partial charge in [-0.05, 0) is 39.3 Å². The topological polar surface area (TPSA) is 70.9 Å². The first-order chi connectivity index (χ1) is 10.7. The number of aromatic nitrogens is 3. The van der Waals surface area contributed by atoms with Gasteiger partial charge in [-0.25, -0.2) is 15.0 Å².